The number of nitrogens with zero attached hydrogens (tertiary/aromatic N) is 1. The van der Waals surface area contributed by atoms with Crippen molar-refractivity contribution in [3.8, 4) is 0 Å². The molecule has 0 bridgehead atoms. The standard InChI is InChI=1S/C15H13ClF3N3O4S/c16-13-6-1-10(15(17,18)19)9-14(13)27(25,26)21-8-7-20-11-2-4-12(5-3-11)22(23)24/h1-6,9,20-21H,7-8H2. The lowest BCUT2D eigenvalue weighted by atomic mass is 10.2. The molecule has 7 nitrogen and oxygen atoms in total. The second kappa shape index (κ2) is 8.11. The highest BCUT2D eigenvalue weighted by atomic mass is 35.5. The smallest absolute Gasteiger partial charge is 0.384 e. The Kier molecular flexibility index (Phi) is 6.29. The lowest BCUT2D eigenvalue weighted by Crippen LogP contribution is -2.29. The molecule has 12 heteroatoms. The second-order valence-electron chi connectivity index (χ2n) is 5.27. The van der Waals surface area contributed by atoms with Crippen LogP contribution in [0.4, 0.5) is 24.5 Å². The van der Waals surface area contributed by atoms with Crippen molar-refractivity contribution >= 4 is 33.0 Å². The van der Waals surface area contributed by atoms with Crippen molar-refractivity contribution in [2.24, 2.45) is 0 Å². The zero-order chi connectivity index (χ0) is 20.2. The minimum atomic E-state index is -4.70. The molecule has 146 valence electrons. The first-order chi connectivity index (χ1) is 12.5. The lowest BCUT2D eigenvalue weighted by molar-refractivity contribution is -0.384. The Labute approximate surface area is 157 Å². The molecule has 2 rings (SSSR count). The van der Waals surface area contributed by atoms with Crippen LogP contribution in [0, 0.1) is 10.1 Å². The molecule has 0 unspecified atom stereocenters. The molecular formula is C15H13ClF3N3O4S. The van der Waals surface area contributed by atoms with Crippen LogP contribution in [0.1, 0.15) is 5.56 Å². The fraction of sp³-hybridized carbons (Fsp3) is 0.200. The molecule has 27 heavy (non-hydrogen) atoms. The molecule has 2 aromatic carbocycles. The highest BCUT2D eigenvalue weighted by molar-refractivity contribution is 7.89. The average Bonchev–Trinajstić information content (AvgIpc) is 2.58. The van der Waals surface area contributed by atoms with Crippen molar-refractivity contribution in [2.45, 2.75) is 11.1 Å². The zero-order valence-corrected chi connectivity index (χ0v) is 15.0. The Morgan fingerprint density at radius 2 is 1.70 bits per heavy atom. The van der Waals surface area contributed by atoms with Crippen LogP contribution >= 0.6 is 11.6 Å². The van der Waals surface area contributed by atoms with Crippen LogP contribution in [-0.2, 0) is 16.2 Å². The third-order valence-corrected chi connectivity index (χ3v) is 5.31. The second-order valence-corrected chi connectivity index (χ2v) is 7.41. The van der Waals surface area contributed by atoms with Crippen molar-refractivity contribution in [1.82, 2.24) is 4.72 Å². The first-order valence-electron chi connectivity index (χ1n) is 7.35. The molecule has 0 amide bonds. The van der Waals surface area contributed by atoms with E-state index in [1.54, 1.807) is 0 Å². The predicted molar refractivity (Wildman–Crippen MR) is 93.2 cm³/mol. The van der Waals surface area contributed by atoms with Crippen molar-refractivity contribution in [3.05, 3.63) is 63.2 Å². The summed E-state index contributed by atoms with van der Waals surface area (Å²) in [7, 11) is -4.26. The van der Waals surface area contributed by atoms with Gasteiger partial charge in [0, 0.05) is 30.9 Å². The van der Waals surface area contributed by atoms with Gasteiger partial charge in [0.05, 0.1) is 15.5 Å². The van der Waals surface area contributed by atoms with Crippen molar-refractivity contribution in [3.63, 3.8) is 0 Å². The number of nitrogens with one attached hydrogen (secondary N) is 2. The molecule has 0 saturated carbocycles. The quantitative estimate of drug-likeness (QED) is 0.402. The molecule has 0 radical (unpaired) electrons. The normalized spacial score (nSPS) is 12.0. The van der Waals surface area contributed by atoms with E-state index in [0.717, 1.165) is 6.07 Å². The maximum Gasteiger partial charge on any atom is 0.416 e. The van der Waals surface area contributed by atoms with Gasteiger partial charge in [-0.05, 0) is 30.3 Å². The lowest BCUT2D eigenvalue weighted by Gasteiger charge is -2.12. The van der Waals surface area contributed by atoms with Gasteiger partial charge in [-0.15, -0.1) is 0 Å². The fourth-order valence-electron chi connectivity index (χ4n) is 2.06. The van der Waals surface area contributed by atoms with Gasteiger partial charge in [0.2, 0.25) is 10.0 Å². The molecule has 0 heterocycles. The minimum absolute atomic E-state index is 0.0909. The number of anilines is 1. The number of hydrogen-bond donors (Lipinski definition) is 2. The average molecular weight is 424 g/mol. The number of sulfonamides is 1. The van der Waals surface area contributed by atoms with Gasteiger partial charge in [-0.3, -0.25) is 10.1 Å². The number of nitro groups is 1. The van der Waals surface area contributed by atoms with Gasteiger partial charge in [-0.2, -0.15) is 13.2 Å². The van der Waals surface area contributed by atoms with Crippen LogP contribution in [0.15, 0.2) is 47.4 Å². The number of hydrogen-bond acceptors (Lipinski definition) is 5. The summed E-state index contributed by atoms with van der Waals surface area (Å²) in [4.78, 5) is 9.33. The van der Waals surface area contributed by atoms with E-state index < -0.39 is 31.6 Å². The molecule has 0 aromatic heterocycles. The van der Waals surface area contributed by atoms with Gasteiger partial charge in [0.15, 0.2) is 0 Å². The number of non-ortho nitro benzene ring substituents is 1. The van der Waals surface area contributed by atoms with Gasteiger partial charge in [-0.1, -0.05) is 11.6 Å². The number of benzene rings is 2. The molecule has 0 fully saturated rings. The maximum absolute atomic E-state index is 12.7. The molecule has 0 aliphatic carbocycles. The topological polar surface area (TPSA) is 101 Å². The first-order valence-corrected chi connectivity index (χ1v) is 9.21. The van der Waals surface area contributed by atoms with Crippen LogP contribution in [0.3, 0.4) is 0 Å². The van der Waals surface area contributed by atoms with Gasteiger partial charge in [0.25, 0.3) is 5.69 Å². The first kappa shape index (κ1) is 20.9. The highest BCUT2D eigenvalue weighted by Gasteiger charge is 2.32. The van der Waals surface area contributed by atoms with Crippen LogP contribution < -0.4 is 10.0 Å². The Morgan fingerprint density at radius 1 is 1.07 bits per heavy atom. The van der Waals surface area contributed by atoms with Gasteiger partial charge in [-0.25, -0.2) is 13.1 Å². The summed E-state index contributed by atoms with van der Waals surface area (Å²) in [5, 5.41) is 13.0. The monoisotopic (exact) mass is 423 g/mol. The van der Waals surface area contributed by atoms with Crippen molar-refractivity contribution in [2.75, 3.05) is 18.4 Å². The summed E-state index contributed by atoms with van der Waals surface area (Å²) in [5.74, 6) is 0. The molecule has 0 saturated heterocycles. The summed E-state index contributed by atoms with van der Waals surface area (Å²) in [6.07, 6.45) is -4.70. The van der Waals surface area contributed by atoms with E-state index in [-0.39, 0.29) is 23.8 Å². The molecule has 0 atom stereocenters. The summed E-state index contributed by atoms with van der Waals surface area (Å²) in [5.41, 5.74) is -0.714. The SMILES string of the molecule is O=[N+]([O-])c1ccc(NCCNS(=O)(=O)c2cc(C(F)(F)F)ccc2Cl)cc1. The number of rotatable bonds is 7. The van der Waals surface area contributed by atoms with E-state index in [9.17, 15) is 31.7 Å². The van der Waals surface area contributed by atoms with Crippen LogP contribution in [0.2, 0.25) is 5.02 Å². The summed E-state index contributed by atoms with van der Waals surface area (Å²) in [6, 6.07) is 7.45. The van der Waals surface area contributed by atoms with E-state index in [1.165, 1.54) is 24.3 Å². The molecule has 2 aromatic rings. The Bertz CT molecular complexity index is 934. The van der Waals surface area contributed by atoms with Gasteiger partial charge in [0.1, 0.15) is 4.90 Å². The van der Waals surface area contributed by atoms with E-state index in [1.807, 2.05) is 0 Å². The molecular weight excluding hydrogens is 411 g/mol. The Hall–Kier alpha value is -2.37. The van der Waals surface area contributed by atoms with Crippen LogP contribution in [-0.4, -0.2) is 26.4 Å². The van der Waals surface area contributed by atoms with E-state index in [0.29, 0.717) is 17.8 Å². The van der Waals surface area contributed by atoms with Crippen molar-refractivity contribution < 1.29 is 26.5 Å². The number of alkyl halides is 3. The summed E-state index contributed by atoms with van der Waals surface area (Å²) in [6.45, 7) is -0.0560. The maximum atomic E-state index is 12.7. The Morgan fingerprint density at radius 3 is 2.26 bits per heavy atom. The van der Waals surface area contributed by atoms with Gasteiger partial charge >= 0.3 is 6.18 Å². The summed E-state index contributed by atoms with van der Waals surface area (Å²) >= 11 is 5.72. The minimum Gasteiger partial charge on any atom is -0.384 e. The predicted octanol–water partition coefficient (Wildman–Crippen LogP) is 3.66. The third-order valence-electron chi connectivity index (χ3n) is 3.37. The van der Waals surface area contributed by atoms with Gasteiger partial charge < -0.3 is 5.32 Å². The molecule has 2 N–H and O–H groups in total. The van der Waals surface area contributed by atoms with E-state index >= 15 is 0 Å². The zero-order valence-electron chi connectivity index (χ0n) is 13.5. The molecule has 0 aliphatic heterocycles. The largest absolute Gasteiger partial charge is 0.416 e. The van der Waals surface area contributed by atoms with E-state index in [2.05, 4.69) is 10.0 Å². The summed E-state index contributed by atoms with van der Waals surface area (Å²) < 4.78 is 64.8. The number of nitro benzene ring substituents is 1. The van der Waals surface area contributed by atoms with Crippen LogP contribution in [0.25, 0.3) is 0 Å². The molecule has 0 spiro atoms. The molecule has 0 aliphatic rings. The fourth-order valence-corrected chi connectivity index (χ4v) is 3.61. The van der Waals surface area contributed by atoms with Crippen molar-refractivity contribution in [1.29, 1.82) is 0 Å². The number of halogens is 4. The van der Waals surface area contributed by atoms with E-state index in [4.69, 9.17) is 11.6 Å². The highest BCUT2D eigenvalue weighted by Crippen LogP contribution is 2.33. The Balaban J connectivity index is 2.00. The third kappa shape index (κ3) is 5.55. The van der Waals surface area contributed by atoms with Crippen LogP contribution in [0.5, 0.6) is 0 Å².